The summed E-state index contributed by atoms with van der Waals surface area (Å²) in [7, 11) is 0. The standard InChI is InChI=1S/C14H18N2O5/c1-14(2)8-16(6-9(7-17)21-14)12(18)10-4-3-5-11(15-10)13(19)20/h3-5,9,17H,6-8H2,1-2H3,(H,19,20). The van der Waals surface area contributed by atoms with Gasteiger partial charge in [0.25, 0.3) is 5.91 Å². The molecular formula is C14H18N2O5. The molecule has 0 spiro atoms. The van der Waals surface area contributed by atoms with E-state index in [1.54, 1.807) is 0 Å². The first-order valence-corrected chi connectivity index (χ1v) is 6.61. The van der Waals surface area contributed by atoms with Gasteiger partial charge in [0.05, 0.1) is 18.3 Å². The van der Waals surface area contributed by atoms with Crippen molar-refractivity contribution >= 4 is 11.9 Å². The number of amides is 1. The molecular weight excluding hydrogens is 276 g/mol. The molecule has 0 aliphatic carbocycles. The number of ether oxygens (including phenoxy) is 1. The predicted molar refractivity (Wildman–Crippen MR) is 73.1 cm³/mol. The van der Waals surface area contributed by atoms with Gasteiger partial charge in [-0.05, 0) is 26.0 Å². The van der Waals surface area contributed by atoms with Gasteiger partial charge in [-0.25, -0.2) is 9.78 Å². The Kier molecular flexibility index (Phi) is 4.24. The number of nitrogens with zero attached hydrogens (tertiary/aromatic N) is 2. The molecule has 1 aromatic rings. The lowest BCUT2D eigenvalue weighted by molar-refractivity contribution is -0.139. The maximum Gasteiger partial charge on any atom is 0.354 e. The number of carbonyl (C=O) groups is 2. The summed E-state index contributed by atoms with van der Waals surface area (Å²) in [5.74, 6) is -1.55. The SMILES string of the molecule is CC1(C)CN(C(=O)c2cccc(C(=O)O)n2)CC(CO)O1. The number of rotatable bonds is 3. The van der Waals surface area contributed by atoms with E-state index in [2.05, 4.69) is 4.98 Å². The van der Waals surface area contributed by atoms with Crippen LogP contribution in [-0.2, 0) is 4.74 Å². The Labute approximate surface area is 122 Å². The Morgan fingerprint density at radius 2 is 2.10 bits per heavy atom. The molecule has 2 N–H and O–H groups in total. The second-order valence-corrected chi connectivity index (χ2v) is 5.58. The van der Waals surface area contributed by atoms with Crippen LogP contribution in [0.25, 0.3) is 0 Å². The number of morpholine rings is 1. The smallest absolute Gasteiger partial charge is 0.354 e. The third kappa shape index (κ3) is 3.56. The van der Waals surface area contributed by atoms with E-state index in [1.165, 1.54) is 23.1 Å². The summed E-state index contributed by atoms with van der Waals surface area (Å²) in [6.07, 6.45) is -0.458. The second-order valence-electron chi connectivity index (χ2n) is 5.58. The summed E-state index contributed by atoms with van der Waals surface area (Å²) in [6, 6.07) is 4.29. The minimum Gasteiger partial charge on any atom is -0.477 e. The van der Waals surface area contributed by atoms with E-state index in [1.807, 2.05) is 13.8 Å². The van der Waals surface area contributed by atoms with E-state index in [0.29, 0.717) is 6.54 Å². The number of aromatic carboxylic acids is 1. The summed E-state index contributed by atoms with van der Waals surface area (Å²) < 4.78 is 5.64. The van der Waals surface area contributed by atoms with Gasteiger partial charge >= 0.3 is 5.97 Å². The third-order valence-corrected chi connectivity index (χ3v) is 3.16. The van der Waals surface area contributed by atoms with E-state index in [4.69, 9.17) is 9.84 Å². The Balaban J connectivity index is 2.22. The van der Waals surface area contributed by atoms with Gasteiger partial charge in [-0.1, -0.05) is 6.07 Å². The lowest BCUT2D eigenvalue weighted by atomic mass is 10.0. The normalized spacial score (nSPS) is 21.1. The number of carbonyl (C=O) groups excluding carboxylic acids is 1. The summed E-state index contributed by atoms with van der Waals surface area (Å²) in [4.78, 5) is 28.7. The van der Waals surface area contributed by atoms with E-state index in [0.717, 1.165) is 0 Å². The highest BCUT2D eigenvalue weighted by molar-refractivity contribution is 5.94. The van der Waals surface area contributed by atoms with Gasteiger partial charge in [-0.3, -0.25) is 4.79 Å². The molecule has 2 rings (SSSR count). The largest absolute Gasteiger partial charge is 0.477 e. The van der Waals surface area contributed by atoms with Crippen LogP contribution in [0.15, 0.2) is 18.2 Å². The molecule has 7 nitrogen and oxygen atoms in total. The second kappa shape index (κ2) is 5.79. The molecule has 1 aliphatic rings. The number of carboxylic acids is 1. The van der Waals surface area contributed by atoms with Crippen LogP contribution in [0.5, 0.6) is 0 Å². The molecule has 0 saturated carbocycles. The molecule has 1 atom stereocenters. The Morgan fingerprint density at radius 1 is 1.43 bits per heavy atom. The average Bonchev–Trinajstić information content (AvgIpc) is 2.44. The average molecular weight is 294 g/mol. The van der Waals surface area contributed by atoms with Gasteiger partial charge in [-0.2, -0.15) is 0 Å². The van der Waals surface area contributed by atoms with Crippen LogP contribution < -0.4 is 0 Å². The zero-order valence-corrected chi connectivity index (χ0v) is 11.9. The highest BCUT2D eigenvalue weighted by Gasteiger charge is 2.36. The lowest BCUT2D eigenvalue weighted by Crippen LogP contribution is -2.55. The molecule has 1 fully saturated rings. The molecule has 0 aromatic carbocycles. The van der Waals surface area contributed by atoms with Crippen molar-refractivity contribution in [1.29, 1.82) is 0 Å². The molecule has 0 bridgehead atoms. The van der Waals surface area contributed by atoms with Crippen molar-refractivity contribution < 1.29 is 24.5 Å². The number of aromatic nitrogens is 1. The summed E-state index contributed by atoms with van der Waals surface area (Å²) in [5.41, 5.74) is -0.678. The predicted octanol–water partition coefficient (Wildman–Crippen LogP) is 0.392. The Hall–Kier alpha value is -1.99. The van der Waals surface area contributed by atoms with E-state index in [-0.39, 0.29) is 30.4 Å². The summed E-state index contributed by atoms with van der Waals surface area (Å²) >= 11 is 0. The highest BCUT2D eigenvalue weighted by atomic mass is 16.5. The first kappa shape index (κ1) is 15.4. The minimum absolute atomic E-state index is 0.0734. The van der Waals surface area contributed by atoms with Crippen molar-refractivity contribution in [3.63, 3.8) is 0 Å². The number of hydrogen-bond acceptors (Lipinski definition) is 5. The molecule has 1 aliphatic heterocycles. The Morgan fingerprint density at radius 3 is 2.71 bits per heavy atom. The van der Waals surface area contributed by atoms with Crippen molar-refractivity contribution in [3.8, 4) is 0 Å². The van der Waals surface area contributed by atoms with Crippen LogP contribution in [0.1, 0.15) is 34.8 Å². The monoisotopic (exact) mass is 294 g/mol. The molecule has 7 heteroatoms. The molecule has 1 amide bonds. The van der Waals surface area contributed by atoms with Crippen molar-refractivity contribution in [2.45, 2.75) is 25.6 Å². The van der Waals surface area contributed by atoms with Crippen LogP contribution in [0, 0.1) is 0 Å². The van der Waals surface area contributed by atoms with Crippen molar-refractivity contribution in [1.82, 2.24) is 9.88 Å². The van der Waals surface area contributed by atoms with Gasteiger partial charge in [-0.15, -0.1) is 0 Å². The Bertz CT molecular complexity index is 558. The molecule has 2 heterocycles. The fourth-order valence-electron chi connectivity index (χ4n) is 2.38. The van der Waals surface area contributed by atoms with E-state index < -0.39 is 17.7 Å². The maximum atomic E-state index is 12.5. The zero-order chi connectivity index (χ0) is 15.6. The number of pyridine rings is 1. The van der Waals surface area contributed by atoms with Crippen LogP contribution in [-0.4, -0.2) is 63.4 Å². The van der Waals surface area contributed by atoms with Crippen molar-refractivity contribution in [3.05, 3.63) is 29.6 Å². The lowest BCUT2D eigenvalue weighted by Gasteiger charge is -2.42. The first-order chi connectivity index (χ1) is 9.82. The van der Waals surface area contributed by atoms with E-state index >= 15 is 0 Å². The number of aliphatic hydroxyl groups excluding tert-OH is 1. The zero-order valence-electron chi connectivity index (χ0n) is 11.9. The molecule has 0 radical (unpaired) electrons. The van der Waals surface area contributed by atoms with Crippen molar-refractivity contribution in [2.24, 2.45) is 0 Å². The summed E-state index contributed by atoms with van der Waals surface area (Å²) in [6.45, 7) is 4.07. The summed E-state index contributed by atoms with van der Waals surface area (Å²) in [5, 5.41) is 18.2. The fourth-order valence-corrected chi connectivity index (χ4v) is 2.38. The van der Waals surface area contributed by atoms with Crippen LogP contribution in [0.3, 0.4) is 0 Å². The third-order valence-electron chi connectivity index (χ3n) is 3.16. The molecule has 21 heavy (non-hydrogen) atoms. The number of carboxylic acid groups (broad SMARTS) is 1. The van der Waals surface area contributed by atoms with Gasteiger partial charge in [0.2, 0.25) is 0 Å². The van der Waals surface area contributed by atoms with Crippen LogP contribution in [0.4, 0.5) is 0 Å². The van der Waals surface area contributed by atoms with Crippen molar-refractivity contribution in [2.75, 3.05) is 19.7 Å². The maximum absolute atomic E-state index is 12.5. The molecule has 1 saturated heterocycles. The number of hydrogen-bond donors (Lipinski definition) is 2. The van der Waals surface area contributed by atoms with Gasteiger partial charge in [0.1, 0.15) is 11.4 Å². The minimum atomic E-state index is -1.18. The van der Waals surface area contributed by atoms with Gasteiger partial charge < -0.3 is 19.8 Å². The van der Waals surface area contributed by atoms with Gasteiger partial charge in [0, 0.05) is 13.1 Å². The van der Waals surface area contributed by atoms with Crippen LogP contribution in [0.2, 0.25) is 0 Å². The topological polar surface area (TPSA) is 100.0 Å². The number of aliphatic hydroxyl groups is 1. The van der Waals surface area contributed by atoms with E-state index in [9.17, 15) is 14.7 Å². The van der Waals surface area contributed by atoms with Crippen LogP contribution >= 0.6 is 0 Å². The van der Waals surface area contributed by atoms with Gasteiger partial charge in [0.15, 0.2) is 0 Å². The first-order valence-electron chi connectivity index (χ1n) is 6.61. The quantitative estimate of drug-likeness (QED) is 0.836. The molecule has 1 unspecified atom stereocenters. The highest BCUT2D eigenvalue weighted by Crippen LogP contribution is 2.22. The molecule has 1 aromatic heterocycles. The molecule has 114 valence electrons. The fraction of sp³-hybridized carbons (Fsp3) is 0.500.